The normalized spacial score (nSPS) is 18.6. The van der Waals surface area contributed by atoms with E-state index in [1.54, 1.807) is 17.6 Å². The molecule has 1 N–H and O–H groups in total. The van der Waals surface area contributed by atoms with E-state index >= 15 is 0 Å². The van der Waals surface area contributed by atoms with Crippen LogP contribution in [0.25, 0.3) is 10.8 Å². The van der Waals surface area contributed by atoms with Crippen molar-refractivity contribution in [2.24, 2.45) is 5.92 Å². The highest BCUT2D eigenvalue weighted by atomic mass is 32.1. The quantitative estimate of drug-likeness (QED) is 0.919. The van der Waals surface area contributed by atoms with Crippen molar-refractivity contribution in [2.45, 2.75) is 19.3 Å². The highest BCUT2D eigenvalue weighted by Gasteiger charge is 2.24. The summed E-state index contributed by atoms with van der Waals surface area (Å²) in [5, 5.41) is 5.19. The van der Waals surface area contributed by atoms with E-state index in [4.69, 9.17) is 4.42 Å². The Morgan fingerprint density at radius 1 is 1.59 bits per heavy atom. The van der Waals surface area contributed by atoms with Crippen molar-refractivity contribution in [3.05, 3.63) is 29.5 Å². The summed E-state index contributed by atoms with van der Waals surface area (Å²) < 4.78 is 5.48. The van der Waals surface area contributed by atoms with Crippen LogP contribution in [-0.4, -0.2) is 42.5 Å². The van der Waals surface area contributed by atoms with Crippen molar-refractivity contribution in [1.29, 1.82) is 0 Å². The molecule has 3 rings (SSSR count). The Bertz CT molecular complexity index is 607. The Balaban J connectivity index is 1.59. The minimum absolute atomic E-state index is 0.145. The molecule has 2 aromatic heterocycles. The van der Waals surface area contributed by atoms with Crippen LogP contribution in [0.15, 0.2) is 28.2 Å². The first-order valence-corrected chi connectivity index (χ1v) is 8.55. The molecule has 2 aromatic rings. The maximum Gasteiger partial charge on any atom is 0.236 e. The minimum Gasteiger partial charge on any atom is -0.444 e. The Hall–Kier alpha value is -1.66. The molecule has 1 aliphatic heterocycles. The number of carbonyl (C=O) groups excluding carboxylic acids is 1. The fraction of sp³-hybridized carbons (Fsp3) is 0.500. The lowest BCUT2D eigenvalue weighted by atomic mass is 9.97. The van der Waals surface area contributed by atoms with Crippen LogP contribution in [0.2, 0.25) is 0 Å². The monoisotopic (exact) mass is 319 g/mol. The summed E-state index contributed by atoms with van der Waals surface area (Å²) in [5.74, 6) is 1.30. The van der Waals surface area contributed by atoms with Crippen molar-refractivity contribution < 1.29 is 9.21 Å². The summed E-state index contributed by atoms with van der Waals surface area (Å²) in [4.78, 5) is 19.8. The fourth-order valence-corrected chi connectivity index (χ4v) is 3.57. The van der Waals surface area contributed by atoms with E-state index in [9.17, 15) is 4.79 Å². The van der Waals surface area contributed by atoms with Crippen molar-refractivity contribution >= 4 is 17.2 Å². The van der Waals surface area contributed by atoms with E-state index in [-0.39, 0.29) is 5.91 Å². The predicted molar refractivity (Wildman–Crippen MR) is 86.8 cm³/mol. The zero-order valence-corrected chi connectivity index (χ0v) is 13.6. The van der Waals surface area contributed by atoms with Gasteiger partial charge in [-0.1, -0.05) is 6.07 Å². The molecule has 0 saturated carbocycles. The van der Waals surface area contributed by atoms with E-state index in [2.05, 4.69) is 10.3 Å². The van der Waals surface area contributed by atoms with Crippen molar-refractivity contribution in [3.8, 4) is 10.8 Å². The second kappa shape index (κ2) is 7.07. The molecule has 6 heteroatoms. The number of nitrogens with one attached hydrogen (secondary N) is 1. The van der Waals surface area contributed by atoms with E-state index < -0.39 is 0 Å². The molecule has 0 radical (unpaired) electrons. The first kappa shape index (κ1) is 15.2. The lowest BCUT2D eigenvalue weighted by Gasteiger charge is -2.32. The largest absolute Gasteiger partial charge is 0.444 e. The second-order valence-corrected chi connectivity index (χ2v) is 6.65. The van der Waals surface area contributed by atoms with Crippen LogP contribution in [0.1, 0.15) is 18.5 Å². The zero-order chi connectivity index (χ0) is 15.4. The number of hydrogen-bond acceptors (Lipinski definition) is 5. The third-order valence-corrected chi connectivity index (χ3v) is 4.84. The van der Waals surface area contributed by atoms with Crippen LogP contribution in [0.5, 0.6) is 0 Å². The van der Waals surface area contributed by atoms with E-state index in [1.165, 1.54) is 6.42 Å². The zero-order valence-electron chi connectivity index (χ0n) is 12.7. The van der Waals surface area contributed by atoms with Crippen molar-refractivity contribution in [2.75, 3.05) is 26.7 Å². The smallest absolute Gasteiger partial charge is 0.236 e. The van der Waals surface area contributed by atoms with Gasteiger partial charge in [0.2, 0.25) is 11.8 Å². The third-order valence-electron chi connectivity index (χ3n) is 3.98. The van der Waals surface area contributed by atoms with Crippen LogP contribution < -0.4 is 5.32 Å². The Labute approximate surface area is 134 Å². The molecule has 1 amide bonds. The average Bonchev–Trinajstić information content (AvgIpc) is 3.18. The van der Waals surface area contributed by atoms with Gasteiger partial charge in [0.1, 0.15) is 6.26 Å². The van der Waals surface area contributed by atoms with Crippen LogP contribution >= 0.6 is 11.3 Å². The number of thiophene rings is 1. The van der Waals surface area contributed by atoms with Crippen LogP contribution in [0, 0.1) is 5.92 Å². The fourth-order valence-electron chi connectivity index (χ4n) is 2.92. The molecule has 3 heterocycles. The van der Waals surface area contributed by atoms with Crippen LogP contribution in [-0.2, 0) is 11.2 Å². The lowest BCUT2D eigenvalue weighted by Crippen LogP contribution is -2.43. The lowest BCUT2D eigenvalue weighted by molar-refractivity contribution is -0.132. The minimum atomic E-state index is 0.145. The van der Waals surface area contributed by atoms with Gasteiger partial charge in [0.15, 0.2) is 0 Å². The van der Waals surface area contributed by atoms with Crippen LogP contribution in [0.4, 0.5) is 0 Å². The Kier molecular flexibility index (Phi) is 4.90. The average molecular weight is 319 g/mol. The number of hydrogen-bond donors (Lipinski definition) is 1. The highest BCUT2D eigenvalue weighted by molar-refractivity contribution is 7.13. The van der Waals surface area contributed by atoms with Gasteiger partial charge in [-0.05, 0) is 43.8 Å². The van der Waals surface area contributed by atoms with Crippen molar-refractivity contribution in [3.63, 3.8) is 0 Å². The molecule has 0 bridgehead atoms. The maximum atomic E-state index is 12.4. The number of oxazole rings is 1. The molecular weight excluding hydrogens is 298 g/mol. The predicted octanol–water partition coefficient (Wildman–Crippen LogP) is 2.40. The molecule has 5 nitrogen and oxygen atoms in total. The number of likely N-dealkylation sites (tertiary alicyclic amines) is 1. The van der Waals surface area contributed by atoms with Gasteiger partial charge in [-0.3, -0.25) is 4.79 Å². The van der Waals surface area contributed by atoms with E-state index in [1.807, 2.05) is 29.5 Å². The van der Waals surface area contributed by atoms with Gasteiger partial charge < -0.3 is 14.6 Å². The molecule has 0 aliphatic carbocycles. The SMILES string of the molecule is CNCC1CCCN(C(=O)Cc2coc(-c3cccs3)n2)C1. The highest BCUT2D eigenvalue weighted by Crippen LogP contribution is 2.24. The summed E-state index contributed by atoms with van der Waals surface area (Å²) in [6.45, 7) is 2.67. The van der Waals surface area contributed by atoms with E-state index in [0.29, 0.717) is 23.9 Å². The molecule has 1 aliphatic rings. The van der Waals surface area contributed by atoms with Gasteiger partial charge in [0, 0.05) is 13.1 Å². The first-order valence-electron chi connectivity index (χ1n) is 7.67. The molecule has 22 heavy (non-hydrogen) atoms. The van der Waals surface area contributed by atoms with Gasteiger partial charge in [0.25, 0.3) is 0 Å². The number of rotatable bonds is 5. The van der Waals surface area contributed by atoms with Gasteiger partial charge in [0.05, 0.1) is 17.0 Å². The topological polar surface area (TPSA) is 58.4 Å². The van der Waals surface area contributed by atoms with Gasteiger partial charge in [-0.2, -0.15) is 0 Å². The molecule has 0 spiro atoms. The summed E-state index contributed by atoms with van der Waals surface area (Å²) >= 11 is 1.58. The van der Waals surface area contributed by atoms with Crippen LogP contribution in [0.3, 0.4) is 0 Å². The number of amides is 1. The molecule has 1 fully saturated rings. The number of carbonyl (C=O) groups is 1. The molecule has 1 atom stereocenters. The molecule has 1 saturated heterocycles. The maximum absolute atomic E-state index is 12.4. The van der Waals surface area contributed by atoms with E-state index in [0.717, 1.165) is 30.9 Å². The third kappa shape index (κ3) is 3.56. The number of nitrogens with zero attached hydrogens (tertiary/aromatic N) is 2. The Morgan fingerprint density at radius 2 is 2.50 bits per heavy atom. The summed E-state index contributed by atoms with van der Waals surface area (Å²) in [6, 6.07) is 3.93. The molecule has 1 unspecified atom stereocenters. The van der Waals surface area contributed by atoms with Crippen molar-refractivity contribution in [1.82, 2.24) is 15.2 Å². The molecular formula is C16H21N3O2S. The number of piperidine rings is 1. The van der Waals surface area contributed by atoms with Gasteiger partial charge >= 0.3 is 0 Å². The second-order valence-electron chi connectivity index (χ2n) is 5.70. The number of aromatic nitrogens is 1. The summed E-state index contributed by atoms with van der Waals surface area (Å²) in [5.41, 5.74) is 0.712. The first-order chi connectivity index (χ1) is 10.8. The van der Waals surface area contributed by atoms with Gasteiger partial charge in [-0.25, -0.2) is 4.98 Å². The summed E-state index contributed by atoms with van der Waals surface area (Å²) in [7, 11) is 1.96. The molecule has 118 valence electrons. The molecule has 0 aromatic carbocycles. The Morgan fingerprint density at radius 3 is 3.27 bits per heavy atom. The standard InChI is InChI=1S/C16H21N3O2S/c1-17-9-12-4-2-6-19(10-12)15(20)8-13-11-21-16(18-13)14-5-3-7-22-14/h3,5,7,11-12,17H,2,4,6,8-10H2,1H3. The summed E-state index contributed by atoms with van der Waals surface area (Å²) in [6.07, 6.45) is 4.19. The van der Waals surface area contributed by atoms with Gasteiger partial charge in [-0.15, -0.1) is 11.3 Å².